The Morgan fingerprint density at radius 2 is 1.91 bits per heavy atom. The Balaban J connectivity index is 1.94. The molecule has 0 aliphatic carbocycles. The molecule has 22 heavy (non-hydrogen) atoms. The van der Waals surface area contributed by atoms with Gasteiger partial charge < -0.3 is 4.90 Å². The van der Waals surface area contributed by atoms with Crippen molar-refractivity contribution in [2.75, 3.05) is 13.1 Å². The molecule has 1 amide bonds. The fourth-order valence-electron chi connectivity index (χ4n) is 2.66. The quantitative estimate of drug-likeness (QED) is 0.741. The molecule has 0 fully saturated rings. The minimum atomic E-state index is -0.283. The van der Waals surface area contributed by atoms with Crippen LogP contribution in [0.25, 0.3) is 5.57 Å². The normalized spacial score (nSPS) is 16.5. The summed E-state index contributed by atoms with van der Waals surface area (Å²) in [4.78, 5) is 14.2. The van der Waals surface area contributed by atoms with Crippen LogP contribution in [0.15, 0.2) is 48.1 Å². The second kappa shape index (κ2) is 6.95. The third kappa shape index (κ3) is 4.33. The maximum absolute atomic E-state index is 12.3. The fraction of sp³-hybridized carbons (Fsp3) is 0.450. The van der Waals surface area contributed by atoms with E-state index in [1.54, 1.807) is 0 Å². The number of allylic oxidation sites excluding steroid dienone is 2. The summed E-state index contributed by atoms with van der Waals surface area (Å²) in [6.07, 6.45) is 6.49. The number of amides is 1. The molecular weight excluding hydrogens is 270 g/mol. The highest BCUT2D eigenvalue weighted by molar-refractivity contribution is 5.81. The highest BCUT2D eigenvalue weighted by atomic mass is 16.2. The number of hydrogen-bond acceptors (Lipinski definition) is 1. The number of benzene rings is 1. The van der Waals surface area contributed by atoms with Crippen LogP contribution in [0, 0.1) is 5.41 Å². The summed E-state index contributed by atoms with van der Waals surface area (Å²) in [6.45, 7) is 9.72. The van der Waals surface area contributed by atoms with Crippen molar-refractivity contribution in [3.8, 4) is 0 Å². The van der Waals surface area contributed by atoms with Crippen LogP contribution in [0.3, 0.4) is 0 Å². The van der Waals surface area contributed by atoms with E-state index in [-0.39, 0.29) is 11.3 Å². The first-order valence-corrected chi connectivity index (χ1v) is 8.07. The molecule has 1 heterocycles. The average Bonchev–Trinajstić information content (AvgIpc) is 2.52. The molecule has 2 heteroatoms. The van der Waals surface area contributed by atoms with Gasteiger partial charge in [0.05, 0.1) is 0 Å². The second-order valence-electron chi connectivity index (χ2n) is 7.07. The van der Waals surface area contributed by atoms with E-state index >= 15 is 0 Å². The van der Waals surface area contributed by atoms with Crippen molar-refractivity contribution < 1.29 is 4.79 Å². The Morgan fingerprint density at radius 3 is 2.45 bits per heavy atom. The molecule has 118 valence electrons. The SMILES string of the molecule is CC(=CCC1=CCN(C(=O)C(C)(C)C)CC1)c1ccccc1. The van der Waals surface area contributed by atoms with Crippen LogP contribution in [0.1, 0.15) is 46.1 Å². The van der Waals surface area contributed by atoms with Gasteiger partial charge in [-0.15, -0.1) is 0 Å². The van der Waals surface area contributed by atoms with Crippen LogP contribution in [0.4, 0.5) is 0 Å². The van der Waals surface area contributed by atoms with Crippen molar-refractivity contribution in [2.24, 2.45) is 5.41 Å². The van der Waals surface area contributed by atoms with Gasteiger partial charge in [-0.3, -0.25) is 4.79 Å². The van der Waals surface area contributed by atoms with Crippen LogP contribution in [0.2, 0.25) is 0 Å². The Labute approximate surface area is 134 Å². The monoisotopic (exact) mass is 297 g/mol. The predicted molar refractivity (Wildman–Crippen MR) is 93.4 cm³/mol. The number of nitrogens with zero attached hydrogens (tertiary/aromatic N) is 1. The van der Waals surface area contributed by atoms with Crippen LogP contribution < -0.4 is 0 Å². The largest absolute Gasteiger partial charge is 0.338 e. The van der Waals surface area contributed by atoms with Gasteiger partial charge in [-0.05, 0) is 30.9 Å². The van der Waals surface area contributed by atoms with Crippen molar-refractivity contribution in [1.82, 2.24) is 4.90 Å². The lowest BCUT2D eigenvalue weighted by Gasteiger charge is -2.31. The zero-order chi connectivity index (χ0) is 16.2. The number of carbonyl (C=O) groups is 1. The summed E-state index contributed by atoms with van der Waals surface area (Å²) >= 11 is 0. The minimum Gasteiger partial charge on any atom is -0.338 e. The maximum atomic E-state index is 12.3. The Kier molecular flexibility index (Phi) is 5.23. The van der Waals surface area contributed by atoms with E-state index in [1.807, 2.05) is 31.7 Å². The van der Waals surface area contributed by atoms with Crippen molar-refractivity contribution in [3.05, 3.63) is 53.6 Å². The molecule has 1 aromatic rings. The first-order valence-electron chi connectivity index (χ1n) is 8.07. The van der Waals surface area contributed by atoms with Gasteiger partial charge >= 0.3 is 0 Å². The van der Waals surface area contributed by atoms with Crippen molar-refractivity contribution >= 4 is 11.5 Å². The fourth-order valence-corrected chi connectivity index (χ4v) is 2.66. The predicted octanol–water partition coefficient (Wildman–Crippen LogP) is 4.68. The van der Waals surface area contributed by atoms with Crippen molar-refractivity contribution in [1.29, 1.82) is 0 Å². The summed E-state index contributed by atoms with van der Waals surface area (Å²) in [5.41, 5.74) is 3.75. The van der Waals surface area contributed by atoms with Crippen LogP contribution in [-0.2, 0) is 4.79 Å². The third-order valence-corrected chi connectivity index (χ3v) is 4.13. The van der Waals surface area contributed by atoms with Gasteiger partial charge in [-0.2, -0.15) is 0 Å². The molecule has 0 saturated heterocycles. The first-order chi connectivity index (χ1) is 10.4. The average molecular weight is 297 g/mol. The highest BCUT2D eigenvalue weighted by Crippen LogP contribution is 2.23. The lowest BCUT2D eigenvalue weighted by molar-refractivity contribution is -0.139. The zero-order valence-electron chi connectivity index (χ0n) is 14.2. The van der Waals surface area contributed by atoms with Gasteiger partial charge in [0.1, 0.15) is 0 Å². The van der Waals surface area contributed by atoms with Gasteiger partial charge in [-0.1, -0.05) is 68.8 Å². The van der Waals surface area contributed by atoms with Crippen LogP contribution in [-0.4, -0.2) is 23.9 Å². The molecule has 0 saturated carbocycles. The van der Waals surface area contributed by atoms with E-state index < -0.39 is 0 Å². The zero-order valence-corrected chi connectivity index (χ0v) is 14.2. The second-order valence-corrected chi connectivity index (χ2v) is 7.07. The molecule has 1 aliphatic rings. The van der Waals surface area contributed by atoms with Gasteiger partial charge in [0.2, 0.25) is 5.91 Å². The van der Waals surface area contributed by atoms with Crippen molar-refractivity contribution in [2.45, 2.75) is 40.5 Å². The van der Waals surface area contributed by atoms with Gasteiger partial charge in [0, 0.05) is 18.5 Å². The smallest absolute Gasteiger partial charge is 0.228 e. The molecule has 0 N–H and O–H groups in total. The lowest BCUT2D eigenvalue weighted by Crippen LogP contribution is -2.41. The maximum Gasteiger partial charge on any atom is 0.228 e. The summed E-state index contributed by atoms with van der Waals surface area (Å²) in [6, 6.07) is 10.5. The van der Waals surface area contributed by atoms with Gasteiger partial charge in [0.15, 0.2) is 0 Å². The Hall–Kier alpha value is -1.83. The van der Waals surface area contributed by atoms with E-state index in [2.05, 4.69) is 43.3 Å². The standard InChI is InChI=1S/C20H27NO/c1-16(18-8-6-5-7-9-18)10-11-17-12-14-21(15-13-17)19(22)20(2,3)4/h5-10,12H,11,13-15H2,1-4H3. The number of hydrogen-bond donors (Lipinski definition) is 0. The van der Waals surface area contributed by atoms with E-state index in [1.165, 1.54) is 16.7 Å². The minimum absolute atomic E-state index is 0.249. The summed E-state index contributed by atoms with van der Waals surface area (Å²) < 4.78 is 0. The molecule has 0 radical (unpaired) electrons. The molecule has 2 nitrogen and oxygen atoms in total. The van der Waals surface area contributed by atoms with E-state index in [0.717, 1.165) is 25.9 Å². The molecule has 0 unspecified atom stereocenters. The molecule has 1 aliphatic heterocycles. The van der Waals surface area contributed by atoms with Crippen LogP contribution in [0.5, 0.6) is 0 Å². The molecule has 0 spiro atoms. The first kappa shape index (κ1) is 16.5. The number of rotatable bonds is 3. The van der Waals surface area contributed by atoms with E-state index in [9.17, 15) is 4.79 Å². The molecule has 2 rings (SSSR count). The Bertz CT molecular complexity index is 575. The van der Waals surface area contributed by atoms with E-state index in [0.29, 0.717) is 0 Å². The molecule has 1 aromatic carbocycles. The van der Waals surface area contributed by atoms with E-state index in [4.69, 9.17) is 0 Å². The number of carbonyl (C=O) groups excluding carboxylic acids is 1. The highest BCUT2D eigenvalue weighted by Gasteiger charge is 2.27. The molecular formula is C20H27NO. The summed E-state index contributed by atoms with van der Waals surface area (Å²) in [5.74, 6) is 0.249. The molecule has 0 aromatic heterocycles. The van der Waals surface area contributed by atoms with Crippen LogP contribution >= 0.6 is 0 Å². The van der Waals surface area contributed by atoms with Gasteiger partial charge in [-0.25, -0.2) is 0 Å². The topological polar surface area (TPSA) is 20.3 Å². The third-order valence-electron chi connectivity index (χ3n) is 4.13. The lowest BCUT2D eigenvalue weighted by atomic mass is 9.93. The van der Waals surface area contributed by atoms with Gasteiger partial charge in [0.25, 0.3) is 0 Å². The summed E-state index contributed by atoms with van der Waals surface area (Å²) in [5, 5.41) is 0. The van der Waals surface area contributed by atoms with Crippen molar-refractivity contribution in [3.63, 3.8) is 0 Å². The Morgan fingerprint density at radius 1 is 1.23 bits per heavy atom. The molecule has 0 atom stereocenters. The summed E-state index contributed by atoms with van der Waals surface area (Å²) in [7, 11) is 0. The molecule has 0 bridgehead atoms.